The fourth-order valence-electron chi connectivity index (χ4n) is 1.06. The van der Waals surface area contributed by atoms with Gasteiger partial charge in [0.25, 0.3) is 0 Å². The van der Waals surface area contributed by atoms with Gasteiger partial charge in [-0.2, -0.15) is 5.26 Å². The van der Waals surface area contributed by atoms with Gasteiger partial charge in [0, 0.05) is 10.9 Å². The summed E-state index contributed by atoms with van der Waals surface area (Å²) in [5.41, 5.74) is 0.0875. The van der Waals surface area contributed by atoms with Gasteiger partial charge in [-0.3, -0.25) is 0 Å². The minimum atomic E-state index is -3.51. The maximum Gasteiger partial charge on any atom is 0.180 e. The van der Waals surface area contributed by atoms with E-state index >= 15 is 0 Å². The predicted octanol–water partition coefficient (Wildman–Crippen LogP) is 2.22. The van der Waals surface area contributed by atoms with Crippen LogP contribution in [-0.2, 0) is 9.84 Å². The standard InChI is InChI=1S/C9H7Cl2NO2S/c10-3-4-15(13,14)9-5-8(11)2-1-7(9)6-12/h1-2,5H,3-4H2. The van der Waals surface area contributed by atoms with E-state index in [-0.39, 0.29) is 27.1 Å². The second-order valence-electron chi connectivity index (χ2n) is 2.76. The van der Waals surface area contributed by atoms with Gasteiger partial charge in [0.2, 0.25) is 0 Å². The van der Waals surface area contributed by atoms with Gasteiger partial charge in [0.1, 0.15) is 6.07 Å². The lowest BCUT2D eigenvalue weighted by Gasteiger charge is -2.04. The molecule has 1 rings (SSSR count). The fourth-order valence-corrected chi connectivity index (χ4v) is 3.08. The van der Waals surface area contributed by atoms with Crippen LogP contribution >= 0.6 is 23.2 Å². The Labute approximate surface area is 98.2 Å². The van der Waals surface area contributed by atoms with Crippen molar-refractivity contribution in [1.29, 1.82) is 5.26 Å². The van der Waals surface area contributed by atoms with E-state index in [4.69, 9.17) is 28.5 Å². The van der Waals surface area contributed by atoms with Crippen LogP contribution in [0.3, 0.4) is 0 Å². The Morgan fingerprint density at radius 2 is 2.07 bits per heavy atom. The maximum atomic E-state index is 11.7. The lowest BCUT2D eigenvalue weighted by atomic mass is 10.2. The van der Waals surface area contributed by atoms with Crippen molar-refractivity contribution < 1.29 is 8.42 Å². The van der Waals surface area contributed by atoms with Crippen LogP contribution < -0.4 is 0 Å². The highest BCUT2D eigenvalue weighted by Gasteiger charge is 2.18. The minimum absolute atomic E-state index is 0.0142. The largest absolute Gasteiger partial charge is 0.224 e. The van der Waals surface area contributed by atoms with Crippen LogP contribution in [-0.4, -0.2) is 20.1 Å². The second-order valence-corrected chi connectivity index (χ2v) is 5.65. The van der Waals surface area contributed by atoms with Crippen molar-refractivity contribution in [2.75, 3.05) is 11.6 Å². The molecule has 0 N–H and O–H groups in total. The highest BCUT2D eigenvalue weighted by Crippen LogP contribution is 2.21. The van der Waals surface area contributed by atoms with Crippen LogP contribution in [0, 0.1) is 11.3 Å². The van der Waals surface area contributed by atoms with Crippen molar-refractivity contribution in [3.05, 3.63) is 28.8 Å². The second kappa shape index (κ2) is 4.84. The van der Waals surface area contributed by atoms with E-state index in [1.807, 2.05) is 0 Å². The Hall–Kier alpha value is -0.760. The average molecular weight is 264 g/mol. The van der Waals surface area contributed by atoms with Crippen molar-refractivity contribution >= 4 is 33.0 Å². The first-order chi connectivity index (χ1) is 7.01. The molecule has 0 heterocycles. The van der Waals surface area contributed by atoms with E-state index < -0.39 is 9.84 Å². The molecule has 0 aliphatic rings. The number of rotatable bonds is 3. The molecule has 0 bridgehead atoms. The summed E-state index contributed by atoms with van der Waals surface area (Å²) in [7, 11) is -3.51. The first kappa shape index (κ1) is 12.3. The SMILES string of the molecule is N#Cc1ccc(Cl)cc1S(=O)(=O)CCCl. The van der Waals surface area contributed by atoms with Crippen LogP contribution in [0.1, 0.15) is 5.56 Å². The lowest BCUT2D eigenvalue weighted by molar-refractivity contribution is 0.597. The van der Waals surface area contributed by atoms with E-state index in [1.54, 1.807) is 6.07 Å². The van der Waals surface area contributed by atoms with E-state index in [0.717, 1.165) is 0 Å². The van der Waals surface area contributed by atoms with Crippen molar-refractivity contribution in [2.24, 2.45) is 0 Å². The average Bonchev–Trinajstić information content (AvgIpc) is 2.17. The molecule has 0 fully saturated rings. The molecule has 0 amide bonds. The first-order valence-corrected chi connectivity index (χ1v) is 6.56. The quantitative estimate of drug-likeness (QED) is 0.786. The third-order valence-electron chi connectivity index (χ3n) is 1.75. The van der Waals surface area contributed by atoms with Gasteiger partial charge < -0.3 is 0 Å². The van der Waals surface area contributed by atoms with Crippen molar-refractivity contribution in [2.45, 2.75) is 4.90 Å². The zero-order chi connectivity index (χ0) is 11.5. The molecule has 0 radical (unpaired) electrons. The number of nitrogens with zero attached hydrogens (tertiary/aromatic N) is 1. The summed E-state index contributed by atoms with van der Waals surface area (Å²) >= 11 is 11.0. The Kier molecular flexibility index (Phi) is 3.97. The molecule has 0 unspecified atom stereocenters. The van der Waals surface area contributed by atoms with Gasteiger partial charge >= 0.3 is 0 Å². The molecular weight excluding hydrogens is 257 g/mol. The zero-order valence-electron chi connectivity index (χ0n) is 7.57. The summed E-state index contributed by atoms with van der Waals surface area (Å²) in [4.78, 5) is -0.0573. The van der Waals surface area contributed by atoms with Crippen LogP contribution in [0.5, 0.6) is 0 Å². The monoisotopic (exact) mass is 263 g/mol. The number of sulfone groups is 1. The number of nitriles is 1. The van der Waals surface area contributed by atoms with Gasteiger partial charge in [0.15, 0.2) is 9.84 Å². The topological polar surface area (TPSA) is 57.9 Å². The molecule has 0 atom stereocenters. The van der Waals surface area contributed by atoms with Crippen LogP contribution in [0.25, 0.3) is 0 Å². The summed E-state index contributed by atoms with van der Waals surface area (Å²) in [6, 6.07) is 5.92. The summed E-state index contributed by atoms with van der Waals surface area (Å²) < 4.78 is 23.3. The third-order valence-corrected chi connectivity index (χ3v) is 4.14. The smallest absolute Gasteiger partial charge is 0.180 e. The molecule has 15 heavy (non-hydrogen) atoms. The molecule has 80 valence electrons. The number of alkyl halides is 1. The van der Waals surface area contributed by atoms with E-state index in [0.29, 0.717) is 0 Å². The summed E-state index contributed by atoms with van der Waals surface area (Å²) in [6.45, 7) is 0. The van der Waals surface area contributed by atoms with Crippen molar-refractivity contribution in [3.8, 4) is 6.07 Å². The van der Waals surface area contributed by atoms with Gasteiger partial charge in [-0.05, 0) is 18.2 Å². The Morgan fingerprint density at radius 3 is 2.60 bits per heavy atom. The van der Waals surface area contributed by atoms with E-state index in [1.165, 1.54) is 18.2 Å². The zero-order valence-corrected chi connectivity index (χ0v) is 9.90. The Morgan fingerprint density at radius 1 is 1.40 bits per heavy atom. The predicted molar refractivity (Wildman–Crippen MR) is 58.9 cm³/mol. The summed E-state index contributed by atoms with van der Waals surface area (Å²) in [5.74, 6) is -0.219. The van der Waals surface area contributed by atoms with Gasteiger partial charge in [-0.25, -0.2) is 8.42 Å². The number of hydrogen-bond acceptors (Lipinski definition) is 3. The van der Waals surface area contributed by atoms with Gasteiger partial charge in [0.05, 0.1) is 16.2 Å². The molecular formula is C9H7Cl2NO2S. The normalized spacial score (nSPS) is 11.0. The third kappa shape index (κ3) is 2.85. The maximum absolute atomic E-state index is 11.7. The Bertz CT molecular complexity index is 505. The molecule has 0 saturated carbocycles. The van der Waals surface area contributed by atoms with Crippen molar-refractivity contribution in [3.63, 3.8) is 0 Å². The molecule has 0 spiro atoms. The first-order valence-electron chi connectivity index (χ1n) is 3.99. The molecule has 0 aliphatic carbocycles. The van der Waals surface area contributed by atoms with Gasteiger partial charge in [-0.15, -0.1) is 11.6 Å². The molecule has 0 aromatic heterocycles. The Balaban J connectivity index is 3.37. The fraction of sp³-hybridized carbons (Fsp3) is 0.222. The van der Waals surface area contributed by atoms with Crippen molar-refractivity contribution in [1.82, 2.24) is 0 Å². The number of halogens is 2. The number of benzene rings is 1. The van der Waals surface area contributed by atoms with E-state index in [9.17, 15) is 8.42 Å². The highest BCUT2D eigenvalue weighted by molar-refractivity contribution is 7.91. The molecule has 1 aromatic carbocycles. The van der Waals surface area contributed by atoms with Crippen LogP contribution in [0.15, 0.2) is 23.1 Å². The molecule has 0 aliphatic heterocycles. The minimum Gasteiger partial charge on any atom is -0.224 e. The van der Waals surface area contributed by atoms with Crippen LogP contribution in [0.2, 0.25) is 5.02 Å². The molecule has 0 saturated heterocycles. The van der Waals surface area contributed by atoms with E-state index in [2.05, 4.69) is 0 Å². The molecule has 1 aromatic rings. The van der Waals surface area contributed by atoms with Gasteiger partial charge in [-0.1, -0.05) is 11.6 Å². The molecule has 6 heteroatoms. The van der Waals surface area contributed by atoms with Crippen LogP contribution in [0.4, 0.5) is 0 Å². The number of hydrogen-bond donors (Lipinski definition) is 0. The summed E-state index contributed by atoms with van der Waals surface area (Å²) in [6.07, 6.45) is 0. The molecule has 3 nitrogen and oxygen atoms in total. The lowest BCUT2D eigenvalue weighted by Crippen LogP contribution is -2.09. The summed E-state index contributed by atoms with van der Waals surface area (Å²) in [5, 5.41) is 9.03. The highest BCUT2D eigenvalue weighted by atomic mass is 35.5.